The quantitative estimate of drug-likeness (QED) is 0.515. The largest absolute Gasteiger partial charge is 0.454 e. The van der Waals surface area contributed by atoms with E-state index in [-0.39, 0.29) is 0 Å². The molecule has 0 saturated heterocycles. The molecule has 0 fully saturated rings. The summed E-state index contributed by atoms with van der Waals surface area (Å²) in [5, 5.41) is 8.98. The van der Waals surface area contributed by atoms with Crippen molar-refractivity contribution in [1.29, 1.82) is 0 Å². The molecule has 1 heterocycles. The number of furan rings is 1. The Morgan fingerprint density at radius 1 is 1.33 bits per heavy atom. The summed E-state index contributed by atoms with van der Waals surface area (Å²) in [6, 6.07) is 6.22. The van der Waals surface area contributed by atoms with Gasteiger partial charge in [-0.15, -0.1) is 0 Å². The highest BCUT2D eigenvalue weighted by Crippen LogP contribution is 2.27. The molecule has 1 aromatic carbocycles. The minimum atomic E-state index is 0.516. The minimum absolute atomic E-state index is 0.516. The van der Waals surface area contributed by atoms with Crippen LogP contribution >= 0.6 is 12.2 Å². The van der Waals surface area contributed by atoms with Gasteiger partial charge in [0.05, 0.1) is 0 Å². The van der Waals surface area contributed by atoms with Crippen molar-refractivity contribution in [3.8, 4) is 0 Å². The SMILES string of the molecule is CCNC(=S)N/N=C(/C)c1oc2ccc(C)cc2c1CC. The van der Waals surface area contributed by atoms with Crippen LogP contribution < -0.4 is 10.7 Å². The first-order chi connectivity index (χ1) is 10.1. The van der Waals surface area contributed by atoms with Crippen molar-refractivity contribution in [3.63, 3.8) is 0 Å². The Bertz CT molecular complexity index is 688. The zero-order valence-electron chi connectivity index (χ0n) is 12.9. The van der Waals surface area contributed by atoms with Crippen molar-refractivity contribution >= 4 is 34.0 Å². The molecule has 2 N–H and O–H groups in total. The number of nitrogens with one attached hydrogen (secondary N) is 2. The molecule has 0 unspecified atom stereocenters. The maximum atomic E-state index is 5.96. The molecule has 1 aromatic heterocycles. The fraction of sp³-hybridized carbons (Fsp3) is 0.375. The van der Waals surface area contributed by atoms with Gasteiger partial charge in [-0.25, -0.2) is 0 Å². The average Bonchev–Trinajstić information content (AvgIpc) is 2.82. The molecule has 0 aliphatic carbocycles. The Hall–Kier alpha value is -1.88. The van der Waals surface area contributed by atoms with E-state index in [1.165, 1.54) is 11.1 Å². The van der Waals surface area contributed by atoms with E-state index in [1.807, 2.05) is 19.9 Å². The number of hydrazone groups is 1. The molecule has 112 valence electrons. The predicted octanol–water partition coefficient (Wildman–Crippen LogP) is 3.51. The number of benzene rings is 1. The Kier molecular flexibility index (Phi) is 4.96. The number of hydrogen-bond donors (Lipinski definition) is 2. The number of fused-ring (bicyclic) bond motifs is 1. The first-order valence-corrected chi connectivity index (χ1v) is 7.58. The van der Waals surface area contributed by atoms with Crippen molar-refractivity contribution in [1.82, 2.24) is 10.7 Å². The average molecular weight is 303 g/mol. The van der Waals surface area contributed by atoms with Crippen molar-refractivity contribution in [2.24, 2.45) is 5.10 Å². The number of hydrogen-bond acceptors (Lipinski definition) is 3. The maximum Gasteiger partial charge on any atom is 0.186 e. The summed E-state index contributed by atoms with van der Waals surface area (Å²) >= 11 is 5.10. The van der Waals surface area contributed by atoms with Crippen LogP contribution in [0.1, 0.15) is 37.7 Å². The van der Waals surface area contributed by atoms with Crippen LogP contribution in [0.25, 0.3) is 11.0 Å². The molecule has 0 bridgehead atoms. The van der Waals surface area contributed by atoms with E-state index in [2.05, 4.69) is 41.8 Å². The zero-order valence-corrected chi connectivity index (χ0v) is 13.7. The van der Waals surface area contributed by atoms with Crippen molar-refractivity contribution < 1.29 is 4.42 Å². The molecule has 5 heteroatoms. The highest BCUT2D eigenvalue weighted by Gasteiger charge is 2.15. The Balaban J connectivity index is 2.36. The molecule has 0 saturated carbocycles. The monoisotopic (exact) mass is 303 g/mol. The van der Waals surface area contributed by atoms with E-state index >= 15 is 0 Å². The van der Waals surface area contributed by atoms with Crippen LogP contribution in [-0.2, 0) is 6.42 Å². The predicted molar refractivity (Wildman–Crippen MR) is 92.0 cm³/mol. The summed E-state index contributed by atoms with van der Waals surface area (Å²) in [6.45, 7) is 8.89. The second-order valence-corrected chi connectivity index (χ2v) is 5.34. The lowest BCUT2D eigenvalue weighted by molar-refractivity contribution is 0.598. The van der Waals surface area contributed by atoms with E-state index < -0.39 is 0 Å². The van der Waals surface area contributed by atoms with Gasteiger partial charge in [0.15, 0.2) is 10.9 Å². The summed E-state index contributed by atoms with van der Waals surface area (Å²) in [6.07, 6.45) is 0.899. The Morgan fingerprint density at radius 2 is 2.10 bits per heavy atom. The maximum absolute atomic E-state index is 5.96. The smallest absolute Gasteiger partial charge is 0.186 e. The van der Waals surface area contributed by atoms with Gasteiger partial charge in [-0.3, -0.25) is 5.43 Å². The van der Waals surface area contributed by atoms with E-state index in [4.69, 9.17) is 16.6 Å². The van der Waals surface area contributed by atoms with Crippen LogP contribution in [0.2, 0.25) is 0 Å². The van der Waals surface area contributed by atoms with E-state index in [0.29, 0.717) is 5.11 Å². The van der Waals surface area contributed by atoms with Gasteiger partial charge in [-0.2, -0.15) is 5.10 Å². The molecule has 4 nitrogen and oxygen atoms in total. The number of aryl methyl sites for hydroxylation is 2. The second kappa shape index (κ2) is 6.72. The standard InChI is InChI=1S/C16H21N3OS/c1-5-12-13-9-10(3)7-8-14(13)20-15(12)11(4)18-19-16(21)17-6-2/h7-9H,5-6H2,1-4H3,(H2,17,19,21)/b18-11-. The molecular weight excluding hydrogens is 282 g/mol. The third-order valence-electron chi connectivity index (χ3n) is 3.29. The molecule has 21 heavy (non-hydrogen) atoms. The zero-order chi connectivity index (χ0) is 15.4. The van der Waals surface area contributed by atoms with Gasteiger partial charge >= 0.3 is 0 Å². The molecule has 0 aliphatic rings. The normalized spacial score (nSPS) is 11.7. The number of thiocarbonyl (C=S) groups is 1. The van der Waals surface area contributed by atoms with Crippen molar-refractivity contribution in [2.75, 3.05) is 6.54 Å². The van der Waals surface area contributed by atoms with E-state index in [0.717, 1.165) is 35.4 Å². The summed E-state index contributed by atoms with van der Waals surface area (Å²) in [5.41, 5.74) is 6.94. The molecular formula is C16H21N3OS. The molecule has 0 spiro atoms. The molecule has 2 rings (SSSR count). The Morgan fingerprint density at radius 3 is 2.76 bits per heavy atom. The van der Waals surface area contributed by atoms with E-state index in [9.17, 15) is 0 Å². The molecule has 0 atom stereocenters. The fourth-order valence-corrected chi connectivity index (χ4v) is 2.48. The van der Waals surface area contributed by atoms with Gasteiger partial charge in [0.25, 0.3) is 0 Å². The highest BCUT2D eigenvalue weighted by atomic mass is 32.1. The fourth-order valence-electron chi connectivity index (χ4n) is 2.29. The lowest BCUT2D eigenvalue weighted by Crippen LogP contribution is -2.32. The van der Waals surface area contributed by atoms with Crippen LogP contribution in [0.15, 0.2) is 27.7 Å². The topological polar surface area (TPSA) is 49.6 Å². The van der Waals surface area contributed by atoms with Crippen LogP contribution in [0.5, 0.6) is 0 Å². The van der Waals surface area contributed by atoms with Gasteiger partial charge in [0, 0.05) is 17.5 Å². The van der Waals surface area contributed by atoms with Crippen LogP contribution in [0.4, 0.5) is 0 Å². The first kappa shape index (κ1) is 15.5. The molecule has 0 aliphatic heterocycles. The Labute approximate surface area is 130 Å². The number of rotatable bonds is 4. The lowest BCUT2D eigenvalue weighted by Gasteiger charge is -2.05. The second-order valence-electron chi connectivity index (χ2n) is 4.93. The van der Waals surface area contributed by atoms with Gasteiger partial charge in [-0.1, -0.05) is 18.6 Å². The van der Waals surface area contributed by atoms with Gasteiger partial charge in [-0.05, 0) is 51.5 Å². The highest BCUT2D eigenvalue weighted by molar-refractivity contribution is 7.80. The number of nitrogens with zero attached hydrogens (tertiary/aromatic N) is 1. The van der Waals surface area contributed by atoms with E-state index in [1.54, 1.807) is 0 Å². The van der Waals surface area contributed by atoms with Gasteiger partial charge in [0.1, 0.15) is 11.3 Å². The third kappa shape index (κ3) is 3.42. The van der Waals surface area contributed by atoms with Crippen molar-refractivity contribution in [2.45, 2.75) is 34.1 Å². The summed E-state index contributed by atoms with van der Waals surface area (Å²) in [5.74, 6) is 0.824. The van der Waals surface area contributed by atoms with Crippen LogP contribution in [-0.4, -0.2) is 17.4 Å². The summed E-state index contributed by atoms with van der Waals surface area (Å²) in [4.78, 5) is 0. The summed E-state index contributed by atoms with van der Waals surface area (Å²) in [7, 11) is 0. The molecule has 0 radical (unpaired) electrons. The molecule has 2 aromatic rings. The third-order valence-corrected chi connectivity index (χ3v) is 3.53. The van der Waals surface area contributed by atoms with Gasteiger partial charge < -0.3 is 9.73 Å². The first-order valence-electron chi connectivity index (χ1n) is 7.17. The molecule has 0 amide bonds. The summed E-state index contributed by atoms with van der Waals surface area (Å²) < 4.78 is 5.96. The lowest BCUT2D eigenvalue weighted by atomic mass is 10.0. The minimum Gasteiger partial charge on any atom is -0.454 e. The van der Waals surface area contributed by atoms with Crippen LogP contribution in [0.3, 0.4) is 0 Å². The van der Waals surface area contributed by atoms with Gasteiger partial charge in [0.2, 0.25) is 0 Å². The van der Waals surface area contributed by atoms with Crippen LogP contribution in [0, 0.1) is 6.92 Å². The van der Waals surface area contributed by atoms with Crippen molar-refractivity contribution in [3.05, 3.63) is 35.1 Å².